The molecule has 1 nitrogen and oxygen atoms in total. The summed E-state index contributed by atoms with van der Waals surface area (Å²) in [6.07, 6.45) is -7.20. The summed E-state index contributed by atoms with van der Waals surface area (Å²) >= 11 is 0. The van der Waals surface area contributed by atoms with Crippen LogP contribution in [0.1, 0.15) is 16.7 Å². The topological polar surface area (TPSA) is 20.2 Å². The smallest absolute Gasteiger partial charge is 0.383 e. The standard InChI is InChI=1S/C11H13F3O/c1-7-3-4-9(8(2)5-7)6-10(15)11(12,13)14/h3-5,10,15H,6H2,1-2H3. The quantitative estimate of drug-likeness (QED) is 0.809. The van der Waals surface area contributed by atoms with Crippen LogP contribution < -0.4 is 0 Å². The lowest BCUT2D eigenvalue weighted by atomic mass is 10.0. The molecule has 0 fully saturated rings. The number of alkyl halides is 3. The predicted molar refractivity (Wildman–Crippen MR) is 51.7 cm³/mol. The Morgan fingerprint density at radius 1 is 1.27 bits per heavy atom. The van der Waals surface area contributed by atoms with Crippen LogP contribution in [-0.4, -0.2) is 17.4 Å². The van der Waals surface area contributed by atoms with Crippen molar-refractivity contribution in [2.24, 2.45) is 0 Å². The summed E-state index contributed by atoms with van der Waals surface area (Å²) in [5.41, 5.74) is 2.31. The summed E-state index contributed by atoms with van der Waals surface area (Å²) in [5.74, 6) is 0. The number of hydrogen-bond acceptors (Lipinski definition) is 1. The molecule has 0 bridgehead atoms. The van der Waals surface area contributed by atoms with Crippen molar-refractivity contribution in [3.05, 3.63) is 34.9 Å². The maximum atomic E-state index is 12.1. The number of aliphatic hydroxyl groups excluding tert-OH is 1. The Bertz CT molecular complexity index is 344. The third kappa shape index (κ3) is 3.23. The van der Waals surface area contributed by atoms with Gasteiger partial charge in [0.25, 0.3) is 0 Å². The van der Waals surface area contributed by atoms with E-state index in [0.717, 1.165) is 11.1 Å². The molecule has 0 aliphatic carbocycles. The Morgan fingerprint density at radius 3 is 2.33 bits per heavy atom. The van der Waals surface area contributed by atoms with Crippen molar-refractivity contribution in [3.63, 3.8) is 0 Å². The Morgan fingerprint density at radius 2 is 1.87 bits per heavy atom. The molecule has 1 rings (SSSR count). The second-order valence-corrected chi connectivity index (χ2v) is 3.69. The van der Waals surface area contributed by atoms with Crippen LogP contribution in [0.4, 0.5) is 13.2 Å². The Hall–Kier alpha value is -1.03. The maximum absolute atomic E-state index is 12.1. The van der Waals surface area contributed by atoms with Gasteiger partial charge in [-0.15, -0.1) is 0 Å². The first-order chi connectivity index (χ1) is 6.80. The summed E-state index contributed by atoms with van der Waals surface area (Å²) in [5, 5.41) is 8.91. The zero-order valence-corrected chi connectivity index (χ0v) is 8.60. The minimum absolute atomic E-state index is 0.379. The van der Waals surface area contributed by atoms with Gasteiger partial charge in [-0.2, -0.15) is 13.2 Å². The van der Waals surface area contributed by atoms with Crippen LogP contribution in [0.5, 0.6) is 0 Å². The van der Waals surface area contributed by atoms with Crippen LogP contribution in [0.25, 0.3) is 0 Å². The second-order valence-electron chi connectivity index (χ2n) is 3.69. The summed E-state index contributed by atoms with van der Waals surface area (Å²) < 4.78 is 36.3. The van der Waals surface area contributed by atoms with Crippen LogP contribution in [-0.2, 0) is 6.42 Å². The van der Waals surface area contributed by atoms with Crippen LogP contribution in [0, 0.1) is 13.8 Å². The first kappa shape index (κ1) is 12.0. The van der Waals surface area contributed by atoms with E-state index in [-0.39, 0.29) is 6.42 Å². The molecule has 1 aromatic carbocycles. The van der Waals surface area contributed by atoms with Crippen molar-refractivity contribution >= 4 is 0 Å². The monoisotopic (exact) mass is 218 g/mol. The molecule has 0 saturated heterocycles. The van der Waals surface area contributed by atoms with Crippen molar-refractivity contribution in [2.45, 2.75) is 32.5 Å². The molecule has 0 amide bonds. The van der Waals surface area contributed by atoms with Crippen molar-refractivity contribution in [2.75, 3.05) is 0 Å². The molecule has 1 aromatic rings. The second kappa shape index (κ2) is 4.23. The molecule has 0 spiro atoms. The van der Waals surface area contributed by atoms with Gasteiger partial charge in [0.05, 0.1) is 0 Å². The molecule has 0 radical (unpaired) electrons. The summed E-state index contributed by atoms with van der Waals surface area (Å²) in [4.78, 5) is 0. The van der Waals surface area contributed by atoms with Crippen LogP contribution in [0.2, 0.25) is 0 Å². The molecule has 84 valence electrons. The highest BCUT2D eigenvalue weighted by molar-refractivity contribution is 5.30. The van der Waals surface area contributed by atoms with Gasteiger partial charge in [0.1, 0.15) is 0 Å². The first-order valence-corrected chi connectivity index (χ1v) is 4.61. The third-order valence-electron chi connectivity index (χ3n) is 2.29. The average Bonchev–Trinajstić information content (AvgIpc) is 2.08. The van der Waals surface area contributed by atoms with E-state index in [0.29, 0.717) is 5.56 Å². The molecule has 15 heavy (non-hydrogen) atoms. The average molecular weight is 218 g/mol. The van der Waals surface area contributed by atoms with E-state index >= 15 is 0 Å². The zero-order valence-electron chi connectivity index (χ0n) is 8.60. The summed E-state index contributed by atoms with van der Waals surface area (Å²) in [7, 11) is 0. The molecule has 0 aliphatic heterocycles. The number of aryl methyl sites for hydroxylation is 2. The van der Waals surface area contributed by atoms with E-state index in [4.69, 9.17) is 5.11 Å². The van der Waals surface area contributed by atoms with Crippen molar-refractivity contribution < 1.29 is 18.3 Å². The normalized spacial score (nSPS) is 14.0. The highest BCUT2D eigenvalue weighted by Crippen LogP contribution is 2.24. The third-order valence-corrected chi connectivity index (χ3v) is 2.29. The van der Waals surface area contributed by atoms with E-state index in [2.05, 4.69) is 0 Å². The lowest BCUT2D eigenvalue weighted by Crippen LogP contribution is -2.30. The molecular formula is C11H13F3O. The molecule has 1 unspecified atom stereocenters. The number of halogens is 3. The minimum atomic E-state index is -4.54. The van der Waals surface area contributed by atoms with E-state index in [1.807, 2.05) is 6.92 Å². The van der Waals surface area contributed by atoms with Crippen LogP contribution >= 0.6 is 0 Å². The Balaban J connectivity index is 2.82. The molecule has 1 atom stereocenters. The molecule has 0 aliphatic rings. The van der Waals surface area contributed by atoms with Gasteiger partial charge in [0, 0.05) is 6.42 Å². The van der Waals surface area contributed by atoms with E-state index in [1.165, 1.54) is 0 Å². The summed E-state index contributed by atoms with van der Waals surface area (Å²) in [6.45, 7) is 3.61. The number of hydrogen-bond donors (Lipinski definition) is 1. The van der Waals surface area contributed by atoms with Gasteiger partial charge in [-0.05, 0) is 25.0 Å². The molecule has 0 saturated carbocycles. The fourth-order valence-electron chi connectivity index (χ4n) is 1.40. The molecule has 0 aromatic heterocycles. The highest BCUT2D eigenvalue weighted by Gasteiger charge is 2.38. The lowest BCUT2D eigenvalue weighted by molar-refractivity contribution is -0.203. The van der Waals surface area contributed by atoms with Crippen LogP contribution in [0.15, 0.2) is 18.2 Å². The fraction of sp³-hybridized carbons (Fsp3) is 0.455. The fourth-order valence-corrected chi connectivity index (χ4v) is 1.40. The van der Waals surface area contributed by atoms with E-state index in [1.54, 1.807) is 25.1 Å². The largest absolute Gasteiger partial charge is 0.414 e. The molecule has 0 heterocycles. The van der Waals surface area contributed by atoms with Gasteiger partial charge in [0.2, 0.25) is 0 Å². The Kier molecular flexibility index (Phi) is 3.39. The van der Waals surface area contributed by atoms with Gasteiger partial charge < -0.3 is 5.11 Å². The number of rotatable bonds is 2. The van der Waals surface area contributed by atoms with Gasteiger partial charge in [-0.1, -0.05) is 23.8 Å². The summed E-state index contributed by atoms with van der Waals surface area (Å²) in [6, 6.07) is 5.17. The maximum Gasteiger partial charge on any atom is 0.414 e. The SMILES string of the molecule is Cc1ccc(CC(O)C(F)(F)F)c(C)c1. The number of benzene rings is 1. The van der Waals surface area contributed by atoms with Gasteiger partial charge >= 0.3 is 6.18 Å². The van der Waals surface area contributed by atoms with Crippen molar-refractivity contribution in [1.29, 1.82) is 0 Å². The Labute approximate surface area is 86.5 Å². The highest BCUT2D eigenvalue weighted by atomic mass is 19.4. The molecule has 4 heteroatoms. The van der Waals surface area contributed by atoms with Crippen molar-refractivity contribution in [3.8, 4) is 0 Å². The molecule has 1 N–H and O–H groups in total. The van der Waals surface area contributed by atoms with Crippen LogP contribution in [0.3, 0.4) is 0 Å². The molecular weight excluding hydrogens is 205 g/mol. The van der Waals surface area contributed by atoms with E-state index < -0.39 is 12.3 Å². The minimum Gasteiger partial charge on any atom is -0.383 e. The van der Waals surface area contributed by atoms with Crippen molar-refractivity contribution in [1.82, 2.24) is 0 Å². The lowest BCUT2D eigenvalue weighted by Gasteiger charge is -2.15. The van der Waals surface area contributed by atoms with Gasteiger partial charge in [0.15, 0.2) is 6.10 Å². The van der Waals surface area contributed by atoms with Gasteiger partial charge in [-0.3, -0.25) is 0 Å². The first-order valence-electron chi connectivity index (χ1n) is 4.61. The number of aliphatic hydroxyl groups is 1. The van der Waals surface area contributed by atoms with E-state index in [9.17, 15) is 13.2 Å². The zero-order chi connectivity index (χ0) is 11.6. The van der Waals surface area contributed by atoms with Gasteiger partial charge in [-0.25, -0.2) is 0 Å². The predicted octanol–water partition coefficient (Wildman–Crippen LogP) is 2.77.